The van der Waals surface area contributed by atoms with Crippen molar-refractivity contribution < 1.29 is 14.6 Å². The fraction of sp³-hybridized carbons (Fsp3) is 1.00. The van der Waals surface area contributed by atoms with Crippen molar-refractivity contribution in [3.8, 4) is 0 Å². The number of hydrogen-bond donors (Lipinski definition) is 2. The molecule has 0 aromatic heterocycles. The summed E-state index contributed by atoms with van der Waals surface area (Å²) in [5.41, 5.74) is 4.66. The molecule has 4 nitrogen and oxygen atoms in total. The van der Waals surface area contributed by atoms with Crippen LogP contribution in [0.15, 0.2) is 0 Å². The lowest BCUT2D eigenvalue weighted by molar-refractivity contribution is -0.0846. The van der Waals surface area contributed by atoms with Crippen LogP contribution in [0.5, 0.6) is 0 Å². The van der Waals surface area contributed by atoms with Gasteiger partial charge in [-0.1, -0.05) is 0 Å². The maximum absolute atomic E-state index is 10.4. The van der Waals surface area contributed by atoms with E-state index >= 15 is 0 Å². The molecule has 2 atom stereocenters. The summed E-state index contributed by atoms with van der Waals surface area (Å²) in [5, 5.41) is 10.4. The van der Waals surface area contributed by atoms with Gasteiger partial charge < -0.3 is 20.3 Å². The highest BCUT2D eigenvalue weighted by Gasteiger charge is 2.48. The second kappa shape index (κ2) is 4.57. The molecule has 0 aromatic carbocycles. The number of methoxy groups -OCH3 is 1. The predicted molar refractivity (Wildman–Crippen MR) is 54.0 cm³/mol. The summed E-state index contributed by atoms with van der Waals surface area (Å²) in [6.45, 7) is 4.09. The van der Waals surface area contributed by atoms with E-state index < -0.39 is 5.60 Å². The Morgan fingerprint density at radius 1 is 1.64 bits per heavy atom. The van der Waals surface area contributed by atoms with E-state index in [1.807, 2.05) is 6.92 Å². The largest absolute Gasteiger partial charge is 0.389 e. The lowest BCUT2D eigenvalue weighted by Gasteiger charge is -2.40. The smallest absolute Gasteiger partial charge is 0.0732 e. The van der Waals surface area contributed by atoms with E-state index in [1.54, 1.807) is 7.11 Å². The zero-order chi connectivity index (χ0) is 10.7. The zero-order valence-electron chi connectivity index (χ0n) is 9.08. The van der Waals surface area contributed by atoms with Gasteiger partial charge in [0.05, 0.1) is 12.2 Å². The van der Waals surface area contributed by atoms with Crippen molar-refractivity contribution in [3.05, 3.63) is 0 Å². The van der Waals surface area contributed by atoms with Crippen LogP contribution in [0.4, 0.5) is 0 Å². The lowest BCUT2D eigenvalue weighted by Crippen LogP contribution is -2.51. The monoisotopic (exact) mass is 203 g/mol. The van der Waals surface area contributed by atoms with Crippen molar-refractivity contribution in [2.45, 2.75) is 25.4 Å². The number of hydrogen-bond acceptors (Lipinski definition) is 4. The SMILES string of the molecule is COCCC(C)(O)C1(CN)CCOC1. The Labute approximate surface area is 85.4 Å². The molecule has 84 valence electrons. The highest BCUT2D eigenvalue weighted by Crippen LogP contribution is 2.40. The third-order valence-electron chi connectivity index (χ3n) is 3.43. The van der Waals surface area contributed by atoms with Crippen LogP contribution in [-0.2, 0) is 9.47 Å². The van der Waals surface area contributed by atoms with Gasteiger partial charge in [-0.3, -0.25) is 0 Å². The average Bonchev–Trinajstić information content (AvgIpc) is 2.64. The summed E-state index contributed by atoms with van der Waals surface area (Å²) in [7, 11) is 1.64. The maximum Gasteiger partial charge on any atom is 0.0732 e. The Morgan fingerprint density at radius 3 is 2.79 bits per heavy atom. The van der Waals surface area contributed by atoms with Gasteiger partial charge in [0, 0.05) is 32.3 Å². The molecule has 1 rings (SSSR count). The predicted octanol–water partition coefficient (Wildman–Crippen LogP) is 0.139. The molecule has 0 aromatic rings. The number of nitrogens with two attached hydrogens (primary N) is 1. The van der Waals surface area contributed by atoms with E-state index in [2.05, 4.69) is 0 Å². The van der Waals surface area contributed by atoms with Crippen molar-refractivity contribution in [1.29, 1.82) is 0 Å². The first kappa shape index (κ1) is 11.9. The summed E-state index contributed by atoms with van der Waals surface area (Å²) in [4.78, 5) is 0. The summed E-state index contributed by atoms with van der Waals surface area (Å²) in [5.74, 6) is 0. The molecule has 0 saturated carbocycles. The topological polar surface area (TPSA) is 64.7 Å². The van der Waals surface area contributed by atoms with Gasteiger partial charge in [0.2, 0.25) is 0 Å². The molecule has 0 radical (unpaired) electrons. The van der Waals surface area contributed by atoms with E-state index in [-0.39, 0.29) is 5.41 Å². The van der Waals surface area contributed by atoms with Crippen molar-refractivity contribution in [1.82, 2.24) is 0 Å². The molecular weight excluding hydrogens is 182 g/mol. The van der Waals surface area contributed by atoms with Gasteiger partial charge in [-0.25, -0.2) is 0 Å². The van der Waals surface area contributed by atoms with Crippen molar-refractivity contribution in [2.75, 3.05) is 33.5 Å². The molecule has 1 fully saturated rings. The molecule has 0 amide bonds. The minimum Gasteiger partial charge on any atom is -0.389 e. The van der Waals surface area contributed by atoms with Crippen molar-refractivity contribution in [3.63, 3.8) is 0 Å². The zero-order valence-corrected chi connectivity index (χ0v) is 9.08. The van der Waals surface area contributed by atoms with Crippen LogP contribution >= 0.6 is 0 Å². The normalized spacial score (nSPS) is 31.7. The first-order chi connectivity index (χ1) is 6.58. The van der Waals surface area contributed by atoms with Crippen molar-refractivity contribution in [2.24, 2.45) is 11.1 Å². The Kier molecular flexibility index (Phi) is 3.89. The van der Waals surface area contributed by atoms with Crippen LogP contribution in [0, 0.1) is 5.41 Å². The fourth-order valence-electron chi connectivity index (χ4n) is 1.98. The Hall–Kier alpha value is -0.160. The third kappa shape index (κ3) is 2.08. The molecule has 1 aliphatic heterocycles. The average molecular weight is 203 g/mol. The summed E-state index contributed by atoms with van der Waals surface area (Å²) in [6, 6.07) is 0. The summed E-state index contributed by atoms with van der Waals surface area (Å²) in [6.07, 6.45) is 1.43. The van der Waals surface area contributed by atoms with Gasteiger partial charge in [0.1, 0.15) is 0 Å². The van der Waals surface area contributed by atoms with E-state index in [4.69, 9.17) is 15.2 Å². The highest BCUT2D eigenvalue weighted by atomic mass is 16.5. The molecule has 1 aliphatic rings. The van der Waals surface area contributed by atoms with E-state index in [0.29, 0.717) is 32.8 Å². The van der Waals surface area contributed by atoms with E-state index in [1.165, 1.54) is 0 Å². The number of rotatable bonds is 5. The molecule has 14 heavy (non-hydrogen) atoms. The number of aliphatic hydroxyl groups is 1. The molecule has 1 saturated heterocycles. The van der Waals surface area contributed by atoms with E-state index in [9.17, 15) is 5.11 Å². The molecular formula is C10H21NO3. The first-order valence-electron chi connectivity index (χ1n) is 5.07. The Balaban J connectivity index is 2.65. The molecule has 1 heterocycles. The van der Waals surface area contributed by atoms with Crippen molar-refractivity contribution >= 4 is 0 Å². The van der Waals surface area contributed by atoms with E-state index in [0.717, 1.165) is 6.42 Å². The Bertz CT molecular complexity index is 176. The van der Waals surface area contributed by atoms with Gasteiger partial charge in [0.15, 0.2) is 0 Å². The molecule has 0 spiro atoms. The first-order valence-corrected chi connectivity index (χ1v) is 5.07. The minimum absolute atomic E-state index is 0.286. The lowest BCUT2D eigenvalue weighted by atomic mass is 9.70. The minimum atomic E-state index is -0.797. The van der Waals surface area contributed by atoms with Crippen LogP contribution in [0.2, 0.25) is 0 Å². The highest BCUT2D eigenvalue weighted by molar-refractivity contribution is 4.99. The molecule has 2 unspecified atom stereocenters. The van der Waals surface area contributed by atoms with Gasteiger partial charge >= 0.3 is 0 Å². The molecule has 3 N–H and O–H groups in total. The molecule has 0 bridgehead atoms. The Morgan fingerprint density at radius 2 is 2.36 bits per heavy atom. The van der Waals surface area contributed by atoms with Crippen LogP contribution in [-0.4, -0.2) is 44.2 Å². The van der Waals surface area contributed by atoms with Gasteiger partial charge in [0.25, 0.3) is 0 Å². The van der Waals surface area contributed by atoms with Crippen LogP contribution < -0.4 is 5.73 Å². The van der Waals surface area contributed by atoms with Crippen LogP contribution in [0.3, 0.4) is 0 Å². The second-order valence-corrected chi connectivity index (χ2v) is 4.30. The third-order valence-corrected chi connectivity index (χ3v) is 3.43. The van der Waals surface area contributed by atoms with Gasteiger partial charge in [-0.15, -0.1) is 0 Å². The maximum atomic E-state index is 10.4. The molecule has 0 aliphatic carbocycles. The second-order valence-electron chi connectivity index (χ2n) is 4.30. The quantitative estimate of drug-likeness (QED) is 0.667. The number of ether oxygens (including phenoxy) is 2. The fourth-order valence-corrected chi connectivity index (χ4v) is 1.98. The van der Waals surface area contributed by atoms with Crippen LogP contribution in [0.25, 0.3) is 0 Å². The van der Waals surface area contributed by atoms with Gasteiger partial charge in [-0.2, -0.15) is 0 Å². The van der Waals surface area contributed by atoms with Gasteiger partial charge in [-0.05, 0) is 19.8 Å². The summed E-state index contributed by atoms with van der Waals surface area (Å²) >= 11 is 0. The molecule has 4 heteroatoms. The van der Waals surface area contributed by atoms with Crippen LogP contribution in [0.1, 0.15) is 19.8 Å². The summed E-state index contributed by atoms with van der Waals surface area (Å²) < 4.78 is 10.3. The standard InChI is InChI=1S/C10H21NO3/c1-9(12,3-5-13-2)10(7-11)4-6-14-8-10/h12H,3-8,11H2,1-2H3.